The highest BCUT2D eigenvalue weighted by atomic mass is 32.2. The van der Waals surface area contributed by atoms with Crippen molar-refractivity contribution >= 4 is 23.8 Å². The van der Waals surface area contributed by atoms with Crippen molar-refractivity contribution in [3.8, 4) is 0 Å². The summed E-state index contributed by atoms with van der Waals surface area (Å²) >= 11 is 1.59. The number of amides is 2. The van der Waals surface area contributed by atoms with Gasteiger partial charge in [0.05, 0.1) is 6.54 Å². The summed E-state index contributed by atoms with van der Waals surface area (Å²) in [6.45, 7) is 0.219. The van der Waals surface area contributed by atoms with Crippen molar-refractivity contribution in [1.29, 1.82) is 0 Å². The molecule has 4 N–H and O–H groups in total. The summed E-state index contributed by atoms with van der Waals surface area (Å²) < 4.78 is 0. The van der Waals surface area contributed by atoms with Crippen molar-refractivity contribution in [1.82, 2.24) is 10.6 Å². The average molecular weight is 222 g/mol. The zero-order valence-electron chi connectivity index (χ0n) is 7.82. The minimum absolute atomic E-state index is 0.291. The van der Waals surface area contributed by atoms with Crippen LogP contribution in [0.5, 0.6) is 0 Å². The Morgan fingerprint density at radius 3 is 2.57 bits per heavy atom. The summed E-state index contributed by atoms with van der Waals surface area (Å²) in [6.07, 6.45) is 0.356. The summed E-state index contributed by atoms with van der Waals surface area (Å²) in [5.74, 6) is -0.566. The Labute approximate surface area is 86.1 Å². The standard InChI is InChI=1S/C7H14N2O4S/c1-14-3-2-8-7(13)9-4-5(10)6(11)12/h5,10H,2-4H2,1H3,(H,11,12)(H2,8,9,13)/t5-/m0/s1. The molecule has 0 heterocycles. The number of carbonyl (C=O) groups is 2. The lowest BCUT2D eigenvalue weighted by atomic mass is 10.4. The molecule has 6 nitrogen and oxygen atoms in total. The molecule has 0 aromatic rings. The van der Waals surface area contributed by atoms with Crippen LogP contribution in [0.15, 0.2) is 0 Å². The van der Waals surface area contributed by atoms with E-state index in [1.54, 1.807) is 11.8 Å². The maximum Gasteiger partial charge on any atom is 0.334 e. The second kappa shape index (κ2) is 7.45. The molecule has 0 aliphatic rings. The molecular formula is C7H14N2O4S. The first kappa shape index (κ1) is 13.1. The van der Waals surface area contributed by atoms with Gasteiger partial charge in [-0.15, -0.1) is 0 Å². The van der Waals surface area contributed by atoms with E-state index in [1.165, 1.54) is 0 Å². The number of aliphatic carboxylic acids is 1. The maximum absolute atomic E-state index is 10.9. The van der Waals surface area contributed by atoms with Gasteiger partial charge in [-0.25, -0.2) is 9.59 Å². The molecule has 0 bridgehead atoms. The molecule has 0 saturated carbocycles. The van der Waals surface area contributed by atoms with E-state index in [1.807, 2.05) is 6.26 Å². The molecule has 0 rings (SSSR count). The summed E-state index contributed by atoms with van der Waals surface area (Å²) in [5.41, 5.74) is 0. The summed E-state index contributed by atoms with van der Waals surface area (Å²) in [5, 5.41) is 21.8. The second-order valence-corrected chi connectivity index (χ2v) is 3.47. The third kappa shape index (κ3) is 6.55. The first-order chi connectivity index (χ1) is 6.57. The number of urea groups is 1. The Morgan fingerprint density at radius 2 is 2.07 bits per heavy atom. The first-order valence-corrected chi connectivity index (χ1v) is 5.38. The molecule has 2 amide bonds. The van der Waals surface area contributed by atoms with Gasteiger partial charge in [-0.3, -0.25) is 0 Å². The molecule has 0 radical (unpaired) electrons. The van der Waals surface area contributed by atoms with Crippen LogP contribution in [0.3, 0.4) is 0 Å². The Bertz CT molecular complexity index is 200. The van der Waals surface area contributed by atoms with Gasteiger partial charge in [0.25, 0.3) is 0 Å². The van der Waals surface area contributed by atoms with Crippen molar-refractivity contribution in [2.24, 2.45) is 0 Å². The molecule has 1 atom stereocenters. The van der Waals surface area contributed by atoms with Crippen molar-refractivity contribution in [2.75, 3.05) is 25.1 Å². The number of hydrogen-bond donors (Lipinski definition) is 4. The van der Waals surface area contributed by atoms with E-state index in [0.29, 0.717) is 6.54 Å². The van der Waals surface area contributed by atoms with Gasteiger partial charge in [0.1, 0.15) is 0 Å². The highest BCUT2D eigenvalue weighted by Crippen LogP contribution is 1.86. The monoisotopic (exact) mass is 222 g/mol. The Hall–Kier alpha value is -0.950. The number of thioether (sulfide) groups is 1. The lowest BCUT2D eigenvalue weighted by Crippen LogP contribution is -2.42. The van der Waals surface area contributed by atoms with E-state index in [4.69, 9.17) is 10.2 Å². The Balaban J connectivity index is 3.48. The predicted molar refractivity (Wildman–Crippen MR) is 53.4 cm³/mol. The lowest BCUT2D eigenvalue weighted by molar-refractivity contribution is -0.146. The third-order valence-corrected chi connectivity index (χ3v) is 1.95. The fourth-order valence-electron chi connectivity index (χ4n) is 0.606. The minimum atomic E-state index is -1.55. The second-order valence-electron chi connectivity index (χ2n) is 2.48. The number of carboxylic acid groups (broad SMARTS) is 1. The number of nitrogens with one attached hydrogen (secondary N) is 2. The molecule has 7 heteroatoms. The van der Waals surface area contributed by atoms with E-state index >= 15 is 0 Å². The molecule has 0 aliphatic carbocycles. The average Bonchev–Trinajstić information content (AvgIpc) is 2.14. The van der Waals surface area contributed by atoms with Gasteiger partial charge in [0, 0.05) is 12.3 Å². The Morgan fingerprint density at radius 1 is 1.43 bits per heavy atom. The fourth-order valence-corrected chi connectivity index (χ4v) is 0.912. The highest BCUT2D eigenvalue weighted by molar-refractivity contribution is 7.98. The smallest absolute Gasteiger partial charge is 0.334 e. The number of aliphatic hydroxyl groups excluding tert-OH is 1. The van der Waals surface area contributed by atoms with Crippen molar-refractivity contribution in [3.05, 3.63) is 0 Å². The van der Waals surface area contributed by atoms with Gasteiger partial charge in [-0.2, -0.15) is 11.8 Å². The van der Waals surface area contributed by atoms with Crippen LogP contribution in [-0.4, -0.2) is 53.4 Å². The molecule has 14 heavy (non-hydrogen) atoms. The highest BCUT2D eigenvalue weighted by Gasteiger charge is 2.13. The third-order valence-electron chi connectivity index (χ3n) is 1.33. The minimum Gasteiger partial charge on any atom is -0.479 e. The zero-order chi connectivity index (χ0) is 11.0. The summed E-state index contributed by atoms with van der Waals surface area (Å²) in [6, 6.07) is -0.473. The molecule has 0 aliphatic heterocycles. The van der Waals surface area contributed by atoms with E-state index in [9.17, 15) is 9.59 Å². The van der Waals surface area contributed by atoms with Crippen LogP contribution in [0.1, 0.15) is 0 Å². The molecular weight excluding hydrogens is 208 g/mol. The molecule has 0 aromatic carbocycles. The van der Waals surface area contributed by atoms with Crippen LogP contribution in [0, 0.1) is 0 Å². The van der Waals surface area contributed by atoms with E-state index in [2.05, 4.69) is 10.6 Å². The molecule has 0 spiro atoms. The van der Waals surface area contributed by atoms with Crippen molar-refractivity contribution in [2.45, 2.75) is 6.10 Å². The van der Waals surface area contributed by atoms with Gasteiger partial charge in [-0.1, -0.05) is 0 Å². The molecule has 82 valence electrons. The SMILES string of the molecule is CSCCNC(=O)NC[C@H](O)C(=O)O. The van der Waals surface area contributed by atoms with Crippen LogP contribution in [0.2, 0.25) is 0 Å². The number of hydrogen-bond acceptors (Lipinski definition) is 4. The summed E-state index contributed by atoms with van der Waals surface area (Å²) in [4.78, 5) is 21.1. The largest absolute Gasteiger partial charge is 0.479 e. The van der Waals surface area contributed by atoms with Crippen LogP contribution >= 0.6 is 11.8 Å². The Kier molecular flexibility index (Phi) is 6.95. The molecule has 0 saturated heterocycles. The number of rotatable bonds is 6. The van der Waals surface area contributed by atoms with Crippen LogP contribution in [0.25, 0.3) is 0 Å². The van der Waals surface area contributed by atoms with Crippen molar-refractivity contribution < 1.29 is 19.8 Å². The lowest BCUT2D eigenvalue weighted by Gasteiger charge is -2.08. The number of carbonyl (C=O) groups excluding carboxylic acids is 1. The normalized spacial score (nSPS) is 11.9. The molecule has 0 unspecified atom stereocenters. The summed E-state index contributed by atoms with van der Waals surface area (Å²) in [7, 11) is 0. The van der Waals surface area contributed by atoms with Gasteiger partial charge in [0.15, 0.2) is 6.10 Å². The quantitative estimate of drug-likeness (QED) is 0.436. The van der Waals surface area contributed by atoms with Gasteiger partial charge >= 0.3 is 12.0 Å². The van der Waals surface area contributed by atoms with Gasteiger partial charge in [0.2, 0.25) is 0 Å². The number of aliphatic hydroxyl groups is 1. The fraction of sp³-hybridized carbons (Fsp3) is 0.714. The van der Waals surface area contributed by atoms with Crippen LogP contribution in [0.4, 0.5) is 4.79 Å². The van der Waals surface area contributed by atoms with Crippen molar-refractivity contribution in [3.63, 3.8) is 0 Å². The molecule has 0 aromatic heterocycles. The molecule has 0 fully saturated rings. The first-order valence-electron chi connectivity index (χ1n) is 3.99. The number of carboxylic acids is 1. The van der Waals surface area contributed by atoms with Gasteiger partial charge in [-0.05, 0) is 6.26 Å². The predicted octanol–water partition coefficient (Wildman–Crippen LogP) is -0.906. The van der Waals surface area contributed by atoms with Gasteiger partial charge < -0.3 is 20.8 Å². The topological polar surface area (TPSA) is 98.7 Å². The zero-order valence-corrected chi connectivity index (χ0v) is 8.63. The van der Waals surface area contributed by atoms with Crippen LogP contribution in [-0.2, 0) is 4.79 Å². The van der Waals surface area contributed by atoms with E-state index in [-0.39, 0.29) is 6.54 Å². The maximum atomic E-state index is 10.9. The van der Waals surface area contributed by atoms with Crippen LogP contribution < -0.4 is 10.6 Å². The van der Waals surface area contributed by atoms with E-state index in [0.717, 1.165) is 5.75 Å². The van der Waals surface area contributed by atoms with E-state index < -0.39 is 18.1 Å².